The van der Waals surface area contributed by atoms with Gasteiger partial charge in [0.25, 0.3) is 5.56 Å². The molecule has 2 aromatic heterocycles. The third-order valence-electron chi connectivity index (χ3n) is 6.70. The van der Waals surface area contributed by atoms with Gasteiger partial charge >= 0.3 is 6.18 Å². The molecule has 0 radical (unpaired) electrons. The van der Waals surface area contributed by atoms with Crippen molar-refractivity contribution in [3.8, 4) is 5.75 Å². The second kappa shape index (κ2) is 12.3. The van der Waals surface area contributed by atoms with Gasteiger partial charge in [-0.1, -0.05) is 19.8 Å². The lowest BCUT2D eigenvalue weighted by molar-refractivity contribution is -0.153. The number of aliphatic hydroxyl groups excluding tert-OH is 1. The molecule has 0 spiro atoms. The normalized spacial score (nSPS) is 15.9. The fraction of sp³-hybridized carbons (Fsp3) is 0.708. The number of methoxy groups -OCH3 is 1. The molecule has 208 valence electrons. The van der Waals surface area contributed by atoms with E-state index in [-0.39, 0.29) is 34.4 Å². The van der Waals surface area contributed by atoms with Crippen LogP contribution in [0.4, 0.5) is 13.2 Å². The number of halogens is 3. The van der Waals surface area contributed by atoms with Crippen molar-refractivity contribution < 1.29 is 32.5 Å². The zero-order valence-electron chi connectivity index (χ0n) is 21.7. The number of nitrogens with one attached hydrogen (secondary N) is 1. The monoisotopic (exact) mass is 531 g/mol. The zero-order valence-corrected chi connectivity index (χ0v) is 21.7. The molecule has 1 atom stereocenters. The Labute approximate surface area is 213 Å². The minimum absolute atomic E-state index is 0.0175. The fourth-order valence-corrected chi connectivity index (χ4v) is 4.73. The predicted molar refractivity (Wildman–Crippen MR) is 130 cm³/mol. The Morgan fingerprint density at radius 3 is 2.51 bits per heavy atom. The molecule has 37 heavy (non-hydrogen) atoms. The summed E-state index contributed by atoms with van der Waals surface area (Å²) in [4.78, 5) is 31.4. The van der Waals surface area contributed by atoms with E-state index in [1.165, 1.54) is 16.2 Å². The topological polar surface area (TPSA) is 111 Å². The Kier molecular flexibility index (Phi) is 9.59. The molecule has 10 nitrogen and oxygen atoms in total. The number of carbonyl (C=O) groups excluding carboxylic acids is 1. The first-order valence-corrected chi connectivity index (χ1v) is 12.5. The minimum atomic E-state index is -4.61. The van der Waals surface area contributed by atoms with Crippen LogP contribution in [0.15, 0.2) is 4.79 Å². The van der Waals surface area contributed by atoms with Crippen LogP contribution in [-0.2, 0) is 23.1 Å². The van der Waals surface area contributed by atoms with E-state index in [0.29, 0.717) is 38.3 Å². The number of aryl methyl sites for hydroxylation is 2. The maximum atomic E-state index is 13.5. The van der Waals surface area contributed by atoms with Gasteiger partial charge in [-0.3, -0.25) is 19.5 Å². The number of aromatic nitrogens is 3. The van der Waals surface area contributed by atoms with Gasteiger partial charge in [0, 0.05) is 39.8 Å². The van der Waals surface area contributed by atoms with Crippen molar-refractivity contribution in [2.24, 2.45) is 7.05 Å². The Bertz CT molecular complexity index is 1140. The SMILES string of the molecule is CCCCCn1c(C)nc2c(c(OCC(F)(F)F)c([C@H](NC3CCN(C(=O)CO)CC3)OC)n2C)c1=O. The lowest BCUT2D eigenvalue weighted by Crippen LogP contribution is -2.47. The fourth-order valence-electron chi connectivity index (χ4n) is 4.73. The van der Waals surface area contributed by atoms with E-state index >= 15 is 0 Å². The molecule has 0 aromatic carbocycles. The van der Waals surface area contributed by atoms with E-state index in [0.717, 1.165) is 19.3 Å². The summed E-state index contributed by atoms with van der Waals surface area (Å²) >= 11 is 0. The highest BCUT2D eigenvalue weighted by Gasteiger charge is 2.34. The number of likely N-dealkylation sites (tertiary alicyclic amines) is 1. The van der Waals surface area contributed by atoms with Gasteiger partial charge in [-0.2, -0.15) is 13.2 Å². The third kappa shape index (κ3) is 6.63. The largest absolute Gasteiger partial charge is 0.481 e. The Morgan fingerprint density at radius 1 is 1.27 bits per heavy atom. The van der Waals surface area contributed by atoms with E-state index in [1.54, 1.807) is 18.9 Å². The number of ether oxygens (including phenoxy) is 2. The molecule has 3 rings (SSSR count). The van der Waals surface area contributed by atoms with Crippen LogP contribution >= 0.6 is 0 Å². The number of carbonyl (C=O) groups is 1. The molecule has 13 heteroatoms. The minimum Gasteiger partial charge on any atom is -0.481 e. The quantitative estimate of drug-likeness (QED) is 0.338. The van der Waals surface area contributed by atoms with Crippen molar-refractivity contribution in [1.82, 2.24) is 24.3 Å². The highest BCUT2D eigenvalue weighted by Crippen LogP contribution is 2.36. The van der Waals surface area contributed by atoms with Crippen molar-refractivity contribution >= 4 is 16.9 Å². The Hall–Kier alpha value is -2.64. The summed E-state index contributed by atoms with van der Waals surface area (Å²) in [6.07, 6.45) is -1.82. The lowest BCUT2D eigenvalue weighted by Gasteiger charge is -2.34. The third-order valence-corrected chi connectivity index (χ3v) is 6.70. The number of aliphatic hydroxyl groups is 1. The molecule has 1 fully saturated rings. The number of fused-ring (bicyclic) bond motifs is 1. The molecule has 2 aromatic rings. The number of alkyl halides is 3. The van der Waals surface area contributed by atoms with Crippen LogP contribution in [-0.4, -0.2) is 75.7 Å². The number of hydrogen-bond acceptors (Lipinski definition) is 7. The highest BCUT2D eigenvalue weighted by molar-refractivity contribution is 5.85. The average Bonchev–Trinajstić information content (AvgIpc) is 3.14. The summed E-state index contributed by atoms with van der Waals surface area (Å²) in [5, 5.41) is 12.4. The van der Waals surface area contributed by atoms with Gasteiger partial charge in [-0.25, -0.2) is 4.98 Å². The summed E-state index contributed by atoms with van der Waals surface area (Å²) in [5.41, 5.74) is -0.0112. The molecule has 1 saturated heterocycles. The molecule has 0 bridgehead atoms. The van der Waals surface area contributed by atoms with Gasteiger partial charge in [-0.05, 0) is 26.2 Å². The second-order valence-corrected chi connectivity index (χ2v) is 9.29. The standard InChI is InChI=1S/C24H36F3N5O5/c1-5-6-7-10-32-15(2)28-21-18(23(32)35)20(37-14-24(25,26)27)19(30(21)3)22(36-4)29-16-8-11-31(12-9-16)17(34)13-33/h16,22,29,33H,5-14H2,1-4H3/t22-/m1/s1. The van der Waals surface area contributed by atoms with Crippen LogP contribution in [0.3, 0.4) is 0 Å². The number of nitrogens with zero attached hydrogens (tertiary/aromatic N) is 4. The zero-order chi connectivity index (χ0) is 27.3. The van der Waals surface area contributed by atoms with Gasteiger partial charge < -0.3 is 24.0 Å². The predicted octanol–water partition coefficient (Wildman–Crippen LogP) is 2.39. The first-order valence-electron chi connectivity index (χ1n) is 12.5. The van der Waals surface area contributed by atoms with Gasteiger partial charge in [0.05, 0.1) is 0 Å². The number of rotatable bonds is 11. The van der Waals surface area contributed by atoms with Gasteiger partial charge in [0.15, 0.2) is 24.2 Å². The summed E-state index contributed by atoms with van der Waals surface area (Å²) in [6.45, 7) is 2.85. The number of unbranched alkanes of at least 4 members (excludes halogenated alkanes) is 2. The first kappa shape index (κ1) is 28.9. The Morgan fingerprint density at radius 2 is 1.95 bits per heavy atom. The lowest BCUT2D eigenvalue weighted by atomic mass is 10.0. The molecular formula is C24H36F3N5O5. The van der Waals surface area contributed by atoms with Crippen molar-refractivity contribution in [3.63, 3.8) is 0 Å². The van der Waals surface area contributed by atoms with E-state index in [9.17, 15) is 22.8 Å². The van der Waals surface area contributed by atoms with Crippen molar-refractivity contribution in [1.29, 1.82) is 0 Å². The van der Waals surface area contributed by atoms with Crippen LogP contribution in [0.1, 0.15) is 56.8 Å². The highest BCUT2D eigenvalue weighted by atomic mass is 19.4. The molecule has 0 saturated carbocycles. The maximum Gasteiger partial charge on any atom is 0.422 e. The maximum absolute atomic E-state index is 13.5. The van der Waals surface area contributed by atoms with Crippen molar-refractivity contribution in [3.05, 3.63) is 21.9 Å². The van der Waals surface area contributed by atoms with E-state index in [1.807, 2.05) is 6.92 Å². The van der Waals surface area contributed by atoms with Gasteiger partial charge in [0.2, 0.25) is 5.91 Å². The van der Waals surface area contributed by atoms with Crippen LogP contribution in [0.5, 0.6) is 5.75 Å². The number of hydrogen-bond donors (Lipinski definition) is 2. The molecule has 2 N–H and O–H groups in total. The van der Waals surface area contributed by atoms with Crippen LogP contribution < -0.4 is 15.6 Å². The smallest absolute Gasteiger partial charge is 0.422 e. The van der Waals surface area contributed by atoms with Crippen molar-refractivity contribution in [2.75, 3.05) is 33.4 Å². The molecule has 0 aliphatic carbocycles. The molecule has 1 aliphatic heterocycles. The number of amides is 1. The summed E-state index contributed by atoms with van der Waals surface area (Å²) < 4.78 is 53.5. The number of piperidine rings is 1. The summed E-state index contributed by atoms with van der Waals surface area (Å²) in [7, 11) is 3.02. The van der Waals surface area contributed by atoms with Gasteiger partial charge in [-0.15, -0.1) is 0 Å². The first-order chi connectivity index (χ1) is 17.5. The second-order valence-electron chi connectivity index (χ2n) is 9.29. The molecule has 0 unspecified atom stereocenters. The van der Waals surface area contributed by atoms with Crippen molar-refractivity contribution in [2.45, 2.75) is 70.9 Å². The molecule has 1 amide bonds. The molecular weight excluding hydrogens is 495 g/mol. The average molecular weight is 532 g/mol. The molecule has 1 aliphatic rings. The molecule has 3 heterocycles. The van der Waals surface area contributed by atoms with E-state index in [4.69, 9.17) is 14.6 Å². The van der Waals surface area contributed by atoms with Crippen LogP contribution in [0.25, 0.3) is 11.0 Å². The van der Waals surface area contributed by atoms with E-state index in [2.05, 4.69) is 10.3 Å². The van der Waals surface area contributed by atoms with Crippen LogP contribution in [0.2, 0.25) is 0 Å². The summed E-state index contributed by atoms with van der Waals surface area (Å²) in [5.74, 6) is -0.0929. The summed E-state index contributed by atoms with van der Waals surface area (Å²) in [6, 6.07) is -0.124. The van der Waals surface area contributed by atoms with E-state index < -0.39 is 31.2 Å². The van der Waals surface area contributed by atoms with Gasteiger partial charge in [0.1, 0.15) is 23.5 Å². The Balaban J connectivity index is 2.02. The van der Waals surface area contributed by atoms with Crippen LogP contribution in [0, 0.1) is 6.92 Å².